The van der Waals surface area contributed by atoms with Crippen LogP contribution >= 0.6 is 31.1 Å². The van der Waals surface area contributed by atoms with Crippen molar-refractivity contribution >= 4 is 48.0 Å². The molecule has 8 atom stereocenters. The molecule has 27 heteroatoms. The van der Waals surface area contributed by atoms with Crippen molar-refractivity contribution in [2.75, 3.05) is 25.0 Å². The Bertz CT molecular complexity index is 1540. The standard InChI is InChI=1S/C17H30N8O15P4/c18-15-12-16(21-9-20-15)25(10-22-12)17-14(27)13(26)11(37-17)8-36-42(30,31)39-44(34,35)40-43(32,33)38-41(28,29)7-5-3-1-2-4-6-23-24-19/h9-11,13-14,17,26-27H,1-8H2,(H,28,29)(H,30,31)(H,32,33)(H,34,35)(H2,18,20,21)/t11-,13-,14-,17-/m1/s1. The summed E-state index contributed by atoms with van der Waals surface area (Å²) in [6.45, 7) is -0.745. The molecule has 3 rings (SSSR count). The molecule has 44 heavy (non-hydrogen) atoms. The zero-order valence-corrected chi connectivity index (χ0v) is 26.1. The van der Waals surface area contributed by atoms with E-state index in [1.54, 1.807) is 0 Å². The van der Waals surface area contributed by atoms with E-state index < -0.39 is 68.4 Å². The van der Waals surface area contributed by atoms with Crippen LogP contribution in [0.25, 0.3) is 21.6 Å². The summed E-state index contributed by atoms with van der Waals surface area (Å²) in [5.41, 5.74) is 14.2. The summed E-state index contributed by atoms with van der Waals surface area (Å²) < 4.78 is 71.7. The Morgan fingerprint density at radius 2 is 1.57 bits per heavy atom. The molecule has 2 aromatic rings. The number of aromatic nitrogens is 4. The van der Waals surface area contributed by atoms with Crippen LogP contribution in [0.5, 0.6) is 0 Å². The fourth-order valence-corrected chi connectivity index (χ4v) is 9.53. The van der Waals surface area contributed by atoms with Crippen molar-refractivity contribution < 1.29 is 70.2 Å². The highest BCUT2D eigenvalue weighted by molar-refractivity contribution is 7.70. The fraction of sp³-hybridized carbons (Fsp3) is 0.706. The summed E-state index contributed by atoms with van der Waals surface area (Å²) in [7, 11) is -22.3. The molecule has 1 fully saturated rings. The molecule has 0 aromatic carbocycles. The van der Waals surface area contributed by atoms with Crippen molar-refractivity contribution in [3.63, 3.8) is 0 Å². The minimum atomic E-state index is -5.98. The number of aliphatic hydroxyl groups excluding tert-OH is 2. The largest absolute Gasteiger partial charge is 0.490 e. The molecule has 1 saturated heterocycles. The van der Waals surface area contributed by atoms with Crippen LogP contribution in [0.4, 0.5) is 5.82 Å². The third-order valence-electron chi connectivity index (χ3n) is 5.81. The Labute approximate surface area is 247 Å². The van der Waals surface area contributed by atoms with Gasteiger partial charge in [0, 0.05) is 11.5 Å². The van der Waals surface area contributed by atoms with Gasteiger partial charge < -0.3 is 40.3 Å². The van der Waals surface area contributed by atoms with Gasteiger partial charge in [-0.05, 0) is 18.4 Å². The maximum absolute atomic E-state index is 12.3. The van der Waals surface area contributed by atoms with Crippen LogP contribution in [0.1, 0.15) is 38.3 Å². The van der Waals surface area contributed by atoms with E-state index in [4.69, 9.17) is 16.0 Å². The number of ether oxygens (including phenoxy) is 1. The smallest absolute Gasteiger partial charge is 0.387 e. The summed E-state index contributed by atoms with van der Waals surface area (Å²) in [6, 6.07) is 0. The van der Waals surface area contributed by atoms with Gasteiger partial charge in [0.2, 0.25) is 0 Å². The van der Waals surface area contributed by atoms with Gasteiger partial charge in [0.25, 0.3) is 0 Å². The van der Waals surface area contributed by atoms with Crippen LogP contribution in [0.3, 0.4) is 0 Å². The molecule has 0 saturated carbocycles. The Hall–Kier alpha value is -1.86. The van der Waals surface area contributed by atoms with Gasteiger partial charge in [-0.1, -0.05) is 24.4 Å². The van der Waals surface area contributed by atoms with Crippen molar-refractivity contribution in [2.24, 2.45) is 5.11 Å². The second-order valence-electron chi connectivity index (χ2n) is 9.16. The van der Waals surface area contributed by atoms with Crippen LogP contribution in [0, 0.1) is 0 Å². The number of fused-ring (bicyclic) bond motifs is 1. The second kappa shape index (κ2) is 15.2. The Balaban J connectivity index is 1.50. The third-order valence-corrected chi connectivity index (χ3v) is 12.3. The molecule has 23 nitrogen and oxygen atoms in total. The first-order valence-electron chi connectivity index (χ1n) is 12.5. The molecular weight excluding hydrogens is 680 g/mol. The molecule has 2 aromatic heterocycles. The molecule has 0 radical (unpaired) electrons. The van der Waals surface area contributed by atoms with E-state index in [1.165, 1.54) is 10.9 Å². The van der Waals surface area contributed by atoms with Crippen LogP contribution in [-0.4, -0.2) is 86.9 Å². The maximum Gasteiger partial charge on any atom is 0.490 e. The number of hydrogen-bond donors (Lipinski definition) is 7. The number of phosphoric ester groups is 1. The van der Waals surface area contributed by atoms with Crippen LogP contribution in [0.15, 0.2) is 17.8 Å². The maximum atomic E-state index is 12.3. The number of phosphoric acid groups is 3. The van der Waals surface area contributed by atoms with E-state index in [2.05, 4.69) is 42.4 Å². The molecule has 8 N–H and O–H groups in total. The molecule has 248 valence electrons. The van der Waals surface area contributed by atoms with Crippen molar-refractivity contribution in [1.29, 1.82) is 0 Å². The lowest BCUT2D eigenvalue weighted by Crippen LogP contribution is -2.33. The number of azide groups is 1. The van der Waals surface area contributed by atoms with E-state index >= 15 is 0 Å². The predicted octanol–water partition coefficient (Wildman–Crippen LogP) is 1.84. The molecule has 0 aliphatic carbocycles. The number of aliphatic hydroxyl groups is 2. The molecular formula is C17H30N8O15P4. The lowest BCUT2D eigenvalue weighted by Gasteiger charge is -2.21. The quantitative estimate of drug-likeness (QED) is 0.0381. The lowest BCUT2D eigenvalue weighted by molar-refractivity contribution is -0.0503. The minimum absolute atomic E-state index is 0.0158. The summed E-state index contributed by atoms with van der Waals surface area (Å²) in [6.07, 6.45) is -2.37. The van der Waals surface area contributed by atoms with Gasteiger partial charge in [-0.2, -0.15) is 8.62 Å². The third kappa shape index (κ3) is 10.6. The SMILES string of the molecule is [N-]=[N+]=NCCCCCCCP(=O)(O)OP(=O)(O)OP(=O)(O)OP(=O)(O)OC[C@H]1O[C@@H](n2cnc3c(N)ncnc32)[C@H](O)[C@@H]1O. The highest BCUT2D eigenvalue weighted by Gasteiger charge is 2.48. The molecule has 4 unspecified atom stereocenters. The lowest BCUT2D eigenvalue weighted by atomic mass is 10.1. The predicted molar refractivity (Wildman–Crippen MR) is 146 cm³/mol. The van der Waals surface area contributed by atoms with Gasteiger partial charge in [-0.15, -0.1) is 0 Å². The van der Waals surface area contributed by atoms with Gasteiger partial charge in [0.05, 0.1) is 19.1 Å². The minimum Gasteiger partial charge on any atom is -0.387 e. The number of hydrogen-bond acceptors (Lipinski definition) is 16. The number of nitrogens with zero attached hydrogens (tertiary/aromatic N) is 7. The number of unbranched alkanes of at least 4 members (excludes halogenated alkanes) is 4. The molecule has 0 amide bonds. The van der Waals surface area contributed by atoms with Crippen LogP contribution in [0.2, 0.25) is 0 Å². The first kappa shape index (κ1) is 36.6. The van der Waals surface area contributed by atoms with E-state index in [0.29, 0.717) is 25.7 Å². The molecule has 0 spiro atoms. The summed E-state index contributed by atoms with van der Waals surface area (Å²) in [5, 5.41) is 24.1. The summed E-state index contributed by atoms with van der Waals surface area (Å²) in [5.74, 6) is 0.0158. The highest BCUT2D eigenvalue weighted by Crippen LogP contribution is 2.71. The van der Waals surface area contributed by atoms with E-state index in [1.807, 2.05) is 0 Å². The number of nitrogen functional groups attached to an aromatic ring is 1. The van der Waals surface area contributed by atoms with Gasteiger partial charge in [0.1, 0.15) is 30.2 Å². The Morgan fingerprint density at radius 3 is 2.27 bits per heavy atom. The normalized spacial score (nSPS) is 25.9. The van der Waals surface area contributed by atoms with Crippen molar-refractivity contribution in [3.05, 3.63) is 23.1 Å². The topological polar surface area (TPSA) is 354 Å². The Morgan fingerprint density at radius 1 is 0.932 bits per heavy atom. The van der Waals surface area contributed by atoms with Gasteiger partial charge in [0.15, 0.2) is 17.7 Å². The van der Waals surface area contributed by atoms with Crippen LogP contribution in [-0.2, 0) is 40.5 Å². The van der Waals surface area contributed by atoms with Crippen LogP contribution < -0.4 is 5.73 Å². The van der Waals surface area contributed by atoms with E-state index in [-0.39, 0.29) is 29.9 Å². The highest BCUT2D eigenvalue weighted by atomic mass is 31.3. The van der Waals surface area contributed by atoms with Gasteiger partial charge in [-0.25, -0.2) is 33.0 Å². The Kier molecular flexibility index (Phi) is 12.6. The fourth-order valence-electron chi connectivity index (χ4n) is 3.91. The van der Waals surface area contributed by atoms with Gasteiger partial charge in [-0.3, -0.25) is 13.7 Å². The average molecular weight is 710 g/mol. The van der Waals surface area contributed by atoms with Crippen molar-refractivity contribution in [2.45, 2.75) is 56.6 Å². The first-order chi connectivity index (χ1) is 20.5. The zero-order valence-electron chi connectivity index (χ0n) is 22.5. The number of rotatable bonds is 18. The number of anilines is 1. The number of nitrogens with two attached hydrogens (primary N) is 1. The molecule has 1 aliphatic heterocycles. The molecule has 3 heterocycles. The summed E-state index contributed by atoms with van der Waals surface area (Å²) in [4.78, 5) is 53.4. The van der Waals surface area contributed by atoms with Crippen molar-refractivity contribution in [1.82, 2.24) is 19.5 Å². The molecule has 0 bridgehead atoms. The zero-order chi connectivity index (χ0) is 32.8. The summed E-state index contributed by atoms with van der Waals surface area (Å²) >= 11 is 0. The first-order valence-corrected chi connectivity index (χ1v) is 18.7. The monoisotopic (exact) mass is 710 g/mol. The number of imidazole rings is 1. The average Bonchev–Trinajstić information content (AvgIpc) is 3.44. The second-order valence-corrected chi connectivity index (χ2v) is 15.9. The van der Waals surface area contributed by atoms with E-state index in [9.17, 15) is 48.0 Å². The van der Waals surface area contributed by atoms with Gasteiger partial charge >= 0.3 is 31.1 Å². The molecule has 1 aliphatic rings. The van der Waals surface area contributed by atoms with Crippen molar-refractivity contribution in [3.8, 4) is 0 Å². The van der Waals surface area contributed by atoms with E-state index in [0.717, 1.165) is 6.33 Å².